The molecule has 0 aliphatic carbocycles. The van der Waals surface area contributed by atoms with E-state index in [1.54, 1.807) is 0 Å². The van der Waals surface area contributed by atoms with E-state index in [0.717, 1.165) is 13.1 Å². The number of piperazine rings is 1. The lowest BCUT2D eigenvalue weighted by Crippen LogP contribution is -2.59. The van der Waals surface area contributed by atoms with Crippen molar-refractivity contribution in [3.05, 3.63) is 0 Å². The molecule has 0 aromatic rings. The molecule has 0 radical (unpaired) electrons. The lowest BCUT2D eigenvalue weighted by molar-refractivity contribution is 0.0171. The summed E-state index contributed by atoms with van der Waals surface area (Å²) in [5.74, 6) is 0. The van der Waals surface area contributed by atoms with Crippen LogP contribution in [0.1, 0.15) is 13.8 Å². The highest BCUT2D eigenvalue weighted by molar-refractivity contribution is 4.80. The van der Waals surface area contributed by atoms with E-state index in [9.17, 15) is 0 Å². The molecule has 3 heteroatoms. The van der Waals surface area contributed by atoms with Gasteiger partial charge in [0.15, 0.2) is 0 Å². The summed E-state index contributed by atoms with van der Waals surface area (Å²) in [6.45, 7) is 6.82. The van der Waals surface area contributed by atoms with E-state index < -0.39 is 0 Å². The van der Waals surface area contributed by atoms with Crippen LogP contribution in [0.2, 0.25) is 0 Å². The van der Waals surface area contributed by atoms with Crippen LogP contribution in [0.5, 0.6) is 0 Å². The third-order valence-corrected chi connectivity index (χ3v) is 2.36. The maximum atomic E-state index is 3.23. The number of likely N-dealkylation sites (N-methyl/N-ethyl adjacent to an activating group) is 1. The molecule has 1 rings (SSSR count). The Morgan fingerprint density at radius 2 is 1.64 bits per heavy atom. The van der Waals surface area contributed by atoms with Crippen LogP contribution < -0.4 is 5.43 Å². The van der Waals surface area contributed by atoms with E-state index in [4.69, 9.17) is 0 Å². The fourth-order valence-electron chi connectivity index (χ4n) is 2.03. The lowest BCUT2D eigenvalue weighted by Gasteiger charge is -2.42. The van der Waals surface area contributed by atoms with Crippen molar-refractivity contribution in [2.24, 2.45) is 0 Å². The summed E-state index contributed by atoms with van der Waals surface area (Å²) >= 11 is 0. The molecular weight excluding hydrogens is 138 g/mol. The molecule has 0 bridgehead atoms. The van der Waals surface area contributed by atoms with Gasteiger partial charge in [0.25, 0.3) is 0 Å². The smallest absolute Gasteiger partial charge is 0.0345 e. The van der Waals surface area contributed by atoms with Gasteiger partial charge in [-0.3, -0.25) is 5.43 Å². The molecule has 1 saturated heterocycles. The maximum absolute atomic E-state index is 3.23. The molecular formula is C8H19N3. The molecule has 0 aromatic heterocycles. The van der Waals surface area contributed by atoms with Crippen LogP contribution >= 0.6 is 0 Å². The average molecular weight is 157 g/mol. The Morgan fingerprint density at radius 1 is 1.18 bits per heavy atom. The van der Waals surface area contributed by atoms with Gasteiger partial charge in [0.2, 0.25) is 0 Å². The molecule has 1 aliphatic rings. The summed E-state index contributed by atoms with van der Waals surface area (Å²) in [6.07, 6.45) is 0. The quantitative estimate of drug-likeness (QED) is 0.584. The van der Waals surface area contributed by atoms with Crippen LogP contribution in [0.4, 0.5) is 0 Å². The van der Waals surface area contributed by atoms with Gasteiger partial charge in [-0.2, -0.15) is 0 Å². The van der Waals surface area contributed by atoms with E-state index in [-0.39, 0.29) is 0 Å². The summed E-state index contributed by atoms with van der Waals surface area (Å²) < 4.78 is 0. The maximum Gasteiger partial charge on any atom is 0.0345 e. The van der Waals surface area contributed by atoms with E-state index >= 15 is 0 Å². The van der Waals surface area contributed by atoms with Crippen LogP contribution in [0.3, 0.4) is 0 Å². The number of rotatable bonds is 1. The average Bonchev–Trinajstić information content (AvgIpc) is 1.85. The summed E-state index contributed by atoms with van der Waals surface area (Å²) in [5.41, 5.74) is 3.23. The minimum absolute atomic E-state index is 0.619. The van der Waals surface area contributed by atoms with Crippen LogP contribution in [-0.4, -0.2) is 49.2 Å². The van der Waals surface area contributed by atoms with Crippen molar-refractivity contribution in [1.82, 2.24) is 15.3 Å². The number of hydrazine groups is 1. The third-order valence-electron chi connectivity index (χ3n) is 2.36. The first-order chi connectivity index (χ1) is 5.15. The molecule has 1 aliphatic heterocycles. The molecule has 1 N–H and O–H groups in total. The number of nitrogens with zero attached hydrogens (tertiary/aromatic N) is 2. The van der Waals surface area contributed by atoms with Gasteiger partial charge in [0, 0.05) is 25.2 Å². The first-order valence-corrected chi connectivity index (χ1v) is 4.29. The van der Waals surface area contributed by atoms with Crippen molar-refractivity contribution in [2.75, 3.05) is 27.2 Å². The third kappa shape index (κ3) is 1.92. The first-order valence-electron chi connectivity index (χ1n) is 4.29. The number of hydrogen-bond donors (Lipinski definition) is 1. The zero-order valence-electron chi connectivity index (χ0n) is 7.96. The summed E-state index contributed by atoms with van der Waals surface area (Å²) in [7, 11) is 4.18. The van der Waals surface area contributed by atoms with Crippen molar-refractivity contribution in [3.63, 3.8) is 0 Å². The first kappa shape index (κ1) is 8.97. The zero-order chi connectivity index (χ0) is 8.43. The van der Waals surface area contributed by atoms with E-state index in [1.165, 1.54) is 0 Å². The number of hydrogen-bond acceptors (Lipinski definition) is 3. The second kappa shape index (κ2) is 3.52. The summed E-state index contributed by atoms with van der Waals surface area (Å²) in [6, 6.07) is 1.24. The Hall–Kier alpha value is -0.120. The second-order valence-electron chi connectivity index (χ2n) is 3.55. The fraction of sp³-hybridized carbons (Fsp3) is 1.00. The molecule has 0 saturated carbocycles. The molecule has 0 aromatic carbocycles. The monoisotopic (exact) mass is 157 g/mol. The SMILES string of the molecule is CNN1C(C)CN(C)CC1C. The minimum Gasteiger partial charge on any atom is -0.303 e. The van der Waals surface area contributed by atoms with Crippen molar-refractivity contribution < 1.29 is 0 Å². The molecule has 3 nitrogen and oxygen atoms in total. The van der Waals surface area contributed by atoms with Gasteiger partial charge in [-0.15, -0.1) is 0 Å². The predicted octanol–water partition coefficient (Wildman–Crippen LogP) is 0.145. The van der Waals surface area contributed by atoms with Gasteiger partial charge in [0.1, 0.15) is 0 Å². The zero-order valence-corrected chi connectivity index (χ0v) is 7.96. The Kier molecular flexibility index (Phi) is 2.87. The second-order valence-corrected chi connectivity index (χ2v) is 3.55. The molecule has 2 atom stereocenters. The Balaban J connectivity index is 2.52. The largest absolute Gasteiger partial charge is 0.303 e. The molecule has 1 fully saturated rings. The topological polar surface area (TPSA) is 18.5 Å². The fourth-order valence-corrected chi connectivity index (χ4v) is 2.03. The van der Waals surface area contributed by atoms with Gasteiger partial charge < -0.3 is 4.90 Å². The van der Waals surface area contributed by atoms with Gasteiger partial charge in [0.05, 0.1) is 0 Å². The van der Waals surface area contributed by atoms with Crippen LogP contribution in [0, 0.1) is 0 Å². The predicted molar refractivity (Wildman–Crippen MR) is 47.3 cm³/mol. The Labute approximate surface area is 69.3 Å². The van der Waals surface area contributed by atoms with Gasteiger partial charge in [-0.25, -0.2) is 5.01 Å². The van der Waals surface area contributed by atoms with Gasteiger partial charge in [-0.1, -0.05) is 0 Å². The normalized spacial score (nSPS) is 36.0. The van der Waals surface area contributed by atoms with Crippen LogP contribution in [-0.2, 0) is 0 Å². The van der Waals surface area contributed by atoms with Crippen molar-refractivity contribution >= 4 is 0 Å². The highest BCUT2D eigenvalue weighted by Gasteiger charge is 2.25. The van der Waals surface area contributed by atoms with E-state index in [2.05, 4.69) is 36.2 Å². The molecule has 66 valence electrons. The summed E-state index contributed by atoms with van der Waals surface area (Å²) in [4.78, 5) is 2.38. The molecule has 1 heterocycles. The standard InChI is InChI=1S/C8H19N3/c1-7-5-10(4)6-8(2)11(7)9-3/h7-9H,5-6H2,1-4H3. The van der Waals surface area contributed by atoms with Crippen LogP contribution in [0.15, 0.2) is 0 Å². The Bertz CT molecular complexity index is 115. The van der Waals surface area contributed by atoms with E-state index in [1.807, 2.05) is 7.05 Å². The van der Waals surface area contributed by atoms with Crippen molar-refractivity contribution in [3.8, 4) is 0 Å². The van der Waals surface area contributed by atoms with Gasteiger partial charge in [-0.05, 0) is 27.9 Å². The van der Waals surface area contributed by atoms with Crippen molar-refractivity contribution in [1.29, 1.82) is 0 Å². The van der Waals surface area contributed by atoms with Crippen molar-refractivity contribution in [2.45, 2.75) is 25.9 Å². The highest BCUT2D eigenvalue weighted by Crippen LogP contribution is 2.10. The van der Waals surface area contributed by atoms with E-state index in [0.29, 0.717) is 12.1 Å². The molecule has 2 unspecified atom stereocenters. The summed E-state index contributed by atoms with van der Waals surface area (Å²) in [5, 5.41) is 2.32. The van der Waals surface area contributed by atoms with Crippen LogP contribution in [0.25, 0.3) is 0 Å². The molecule has 11 heavy (non-hydrogen) atoms. The highest BCUT2D eigenvalue weighted by atomic mass is 15.5. The Morgan fingerprint density at radius 3 is 2.00 bits per heavy atom. The minimum atomic E-state index is 0.619. The van der Waals surface area contributed by atoms with Gasteiger partial charge >= 0.3 is 0 Å². The molecule has 0 spiro atoms. The molecule has 0 amide bonds. The number of nitrogens with one attached hydrogen (secondary N) is 1. The lowest BCUT2D eigenvalue weighted by atomic mass is 10.1.